The summed E-state index contributed by atoms with van der Waals surface area (Å²) < 4.78 is 37.7. The molecule has 2 saturated heterocycles. The zero-order valence-corrected chi connectivity index (χ0v) is 11.7. The molecule has 3 rings (SSSR count). The van der Waals surface area contributed by atoms with Gasteiger partial charge in [-0.05, 0) is 31.0 Å². The molecule has 1 amide bonds. The second kappa shape index (κ2) is 5.12. The van der Waals surface area contributed by atoms with Gasteiger partial charge in [-0.2, -0.15) is 13.2 Å². The third-order valence-corrected chi connectivity index (χ3v) is 4.54. The van der Waals surface area contributed by atoms with Crippen LogP contribution in [0.25, 0.3) is 0 Å². The number of rotatable bonds is 1. The van der Waals surface area contributed by atoms with E-state index in [1.165, 1.54) is 11.0 Å². The highest BCUT2D eigenvalue weighted by molar-refractivity contribution is 5.64. The Kier molecular flexibility index (Phi) is 3.51. The van der Waals surface area contributed by atoms with E-state index in [0.29, 0.717) is 25.1 Å². The van der Waals surface area contributed by atoms with Crippen LogP contribution in [0.1, 0.15) is 30.1 Å². The molecule has 8 heteroatoms. The van der Waals surface area contributed by atoms with Crippen LogP contribution >= 0.6 is 0 Å². The predicted octanol–water partition coefficient (Wildman–Crippen LogP) is 1.17. The summed E-state index contributed by atoms with van der Waals surface area (Å²) in [4.78, 5) is 16.0. The smallest absolute Gasteiger partial charge is 0.433 e. The van der Waals surface area contributed by atoms with E-state index < -0.39 is 24.0 Å². The average Bonchev–Trinajstić information content (AvgIpc) is 3.06. The molecule has 1 aromatic rings. The Morgan fingerprint density at radius 3 is 2.73 bits per heavy atom. The van der Waals surface area contributed by atoms with Crippen molar-refractivity contribution in [3.8, 4) is 0 Å². The zero-order chi connectivity index (χ0) is 16.0. The van der Waals surface area contributed by atoms with Gasteiger partial charge in [-0.1, -0.05) is 6.07 Å². The lowest BCUT2D eigenvalue weighted by Crippen LogP contribution is -2.42. The van der Waals surface area contributed by atoms with Crippen molar-refractivity contribution in [1.29, 1.82) is 0 Å². The molecule has 0 aromatic carbocycles. The molecule has 2 aliphatic heterocycles. The summed E-state index contributed by atoms with van der Waals surface area (Å²) >= 11 is 0. The summed E-state index contributed by atoms with van der Waals surface area (Å²) in [6.45, 7) is 1.87. The third kappa shape index (κ3) is 2.63. The molecular formula is C14H15F3N3O2-. The predicted molar refractivity (Wildman–Crippen MR) is 68.6 cm³/mol. The molecule has 2 fully saturated rings. The van der Waals surface area contributed by atoms with Gasteiger partial charge in [0.05, 0.1) is 6.04 Å². The van der Waals surface area contributed by atoms with Gasteiger partial charge in [-0.15, -0.1) is 0 Å². The molecule has 22 heavy (non-hydrogen) atoms. The van der Waals surface area contributed by atoms with Crippen LogP contribution in [0.15, 0.2) is 18.3 Å². The molecule has 5 nitrogen and oxygen atoms in total. The minimum Gasteiger partial charge on any atom is -0.530 e. The highest BCUT2D eigenvalue weighted by Gasteiger charge is 2.46. The van der Waals surface area contributed by atoms with Crippen LogP contribution in [0.4, 0.5) is 18.0 Å². The number of carbonyl (C=O) groups is 1. The summed E-state index contributed by atoms with van der Waals surface area (Å²) in [5.74, 6) is 0. The summed E-state index contributed by atoms with van der Waals surface area (Å²) in [7, 11) is 0. The minimum absolute atomic E-state index is 0.159. The normalized spacial score (nSPS) is 28.5. The fourth-order valence-electron chi connectivity index (χ4n) is 3.42. The maximum atomic E-state index is 12.6. The van der Waals surface area contributed by atoms with E-state index in [0.717, 1.165) is 25.2 Å². The molecule has 0 saturated carbocycles. The Balaban J connectivity index is 1.87. The SMILES string of the molecule is O=C([O-])N1CC2(CCNC2)CC1c1ccc(C(F)(F)F)nc1. The fourth-order valence-corrected chi connectivity index (χ4v) is 3.42. The van der Waals surface area contributed by atoms with Crippen LogP contribution in [-0.4, -0.2) is 35.6 Å². The Morgan fingerprint density at radius 2 is 2.23 bits per heavy atom. The largest absolute Gasteiger partial charge is 0.530 e. The van der Waals surface area contributed by atoms with Crippen molar-refractivity contribution in [1.82, 2.24) is 15.2 Å². The Morgan fingerprint density at radius 1 is 1.45 bits per heavy atom. The molecule has 2 atom stereocenters. The van der Waals surface area contributed by atoms with Crippen molar-refractivity contribution < 1.29 is 23.1 Å². The van der Waals surface area contributed by atoms with Crippen molar-refractivity contribution in [2.75, 3.05) is 19.6 Å². The van der Waals surface area contributed by atoms with Crippen LogP contribution in [-0.2, 0) is 6.18 Å². The van der Waals surface area contributed by atoms with Gasteiger partial charge >= 0.3 is 6.18 Å². The van der Waals surface area contributed by atoms with E-state index in [1.54, 1.807) is 0 Å². The van der Waals surface area contributed by atoms with Gasteiger partial charge in [0.15, 0.2) is 0 Å². The number of amides is 1. The van der Waals surface area contributed by atoms with E-state index in [4.69, 9.17) is 0 Å². The van der Waals surface area contributed by atoms with Crippen LogP contribution in [0.2, 0.25) is 0 Å². The van der Waals surface area contributed by atoms with E-state index in [-0.39, 0.29) is 5.41 Å². The highest BCUT2D eigenvalue weighted by Crippen LogP contribution is 2.46. The number of carbonyl (C=O) groups excluding carboxylic acids is 1. The minimum atomic E-state index is -4.50. The summed E-state index contributed by atoms with van der Waals surface area (Å²) in [6, 6.07) is 1.69. The van der Waals surface area contributed by atoms with Gasteiger partial charge in [0.25, 0.3) is 0 Å². The number of carboxylic acid groups (broad SMARTS) is 1. The molecule has 1 aromatic heterocycles. The maximum Gasteiger partial charge on any atom is 0.433 e. The average molecular weight is 314 g/mol. The van der Waals surface area contributed by atoms with Gasteiger partial charge in [0, 0.05) is 24.7 Å². The quantitative estimate of drug-likeness (QED) is 0.845. The first-order valence-electron chi connectivity index (χ1n) is 7.02. The molecule has 1 spiro atoms. The first kappa shape index (κ1) is 15.1. The fraction of sp³-hybridized carbons (Fsp3) is 0.571. The molecule has 0 bridgehead atoms. The lowest BCUT2D eigenvalue weighted by atomic mass is 9.84. The zero-order valence-electron chi connectivity index (χ0n) is 11.7. The first-order valence-corrected chi connectivity index (χ1v) is 7.02. The second-order valence-electron chi connectivity index (χ2n) is 6.02. The van der Waals surface area contributed by atoms with Crippen LogP contribution < -0.4 is 10.4 Å². The number of nitrogens with zero attached hydrogens (tertiary/aromatic N) is 2. The lowest BCUT2D eigenvalue weighted by molar-refractivity contribution is -0.267. The Bertz CT molecular complexity index is 568. The molecule has 0 radical (unpaired) electrons. The van der Waals surface area contributed by atoms with E-state index >= 15 is 0 Å². The van der Waals surface area contributed by atoms with E-state index in [9.17, 15) is 23.1 Å². The van der Waals surface area contributed by atoms with Gasteiger partial charge in [0.1, 0.15) is 11.8 Å². The van der Waals surface area contributed by atoms with Gasteiger partial charge < -0.3 is 20.1 Å². The maximum absolute atomic E-state index is 12.6. The summed E-state index contributed by atoms with van der Waals surface area (Å²) in [5.41, 5.74) is -0.666. The van der Waals surface area contributed by atoms with Gasteiger partial charge in [0.2, 0.25) is 0 Å². The molecule has 120 valence electrons. The number of pyridine rings is 1. The van der Waals surface area contributed by atoms with Crippen molar-refractivity contribution in [2.24, 2.45) is 5.41 Å². The number of aromatic nitrogens is 1. The molecule has 0 aliphatic carbocycles. The Labute approximate surface area is 125 Å². The monoisotopic (exact) mass is 314 g/mol. The highest BCUT2D eigenvalue weighted by atomic mass is 19.4. The van der Waals surface area contributed by atoms with Crippen molar-refractivity contribution in [2.45, 2.75) is 25.1 Å². The van der Waals surface area contributed by atoms with Crippen molar-refractivity contribution in [3.05, 3.63) is 29.6 Å². The first-order chi connectivity index (χ1) is 10.3. The van der Waals surface area contributed by atoms with Crippen LogP contribution in [0.5, 0.6) is 0 Å². The van der Waals surface area contributed by atoms with Crippen molar-refractivity contribution >= 4 is 6.09 Å². The molecule has 2 aliphatic rings. The number of hydrogen-bond acceptors (Lipinski definition) is 4. The standard InChI is InChI=1S/C14H16F3N3O2/c15-14(16,17)11-2-1-9(6-19-11)10-5-13(3-4-18-7-13)8-20(10)12(21)22/h1-2,6,10,18H,3-5,7-8H2,(H,21,22)/p-1. The third-order valence-electron chi connectivity index (χ3n) is 4.54. The second-order valence-corrected chi connectivity index (χ2v) is 6.02. The molecular weight excluding hydrogens is 299 g/mol. The van der Waals surface area contributed by atoms with E-state index in [2.05, 4.69) is 10.3 Å². The number of halogens is 3. The number of nitrogens with one attached hydrogen (secondary N) is 1. The number of hydrogen-bond donors (Lipinski definition) is 1. The van der Waals surface area contributed by atoms with Gasteiger partial charge in [-0.25, -0.2) is 0 Å². The summed E-state index contributed by atoms with van der Waals surface area (Å²) in [5, 5.41) is 14.6. The van der Waals surface area contributed by atoms with Crippen LogP contribution in [0.3, 0.4) is 0 Å². The lowest BCUT2D eigenvalue weighted by Gasteiger charge is -2.27. The van der Waals surface area contributed by atoms with Crippen molar-refractivity contribution in [3.63, 3.8) is 0 Å². The molecule has 3 heterocycles. The number of alkyl halides is 3. The molecule has 1 N–H and O–H groups in total. The van der Waals surface area contributed by atoms with E-state index in [1.807, 2.05) is 0 Å². The van der Waals surface area contributed by atoms with Crippen LogP contribution in [0, 0.1) is 5.41 Å². The number of likely N-dealkylation sites (tertiary alicyclic amines) is 1. The van der Waals surface area contributed by atoms with Gasteiger partial charge in [-0.3, -0.25) is 4.98 Å². The summed E-state index contributed by atoms with van der Waals surface area (Å²) in [6.07, 6.45) is -3.26. The molecule has 2 unspecified atom stereocenters. The topological polar surface area (TPSA) is 68.3 Å². The Hall–Kier alpha value is -1.83.